The van der Waals surface area contributed by atoms with Gasteiger partial charge in [-0.15, -0.1) is 0 Å². The van der Waals surface area contributed by atoms with Gasteiger partial charge in [0.25, 0.3) is 0 Å². The molecule has 3 N–H and O–H groups in total. The molecule has 0 aliphatic carbocycles. The van der Waals surface area contributed by atoms with E-state index in [9.17, 15) is 14.7 Å². The monoisotopic (exact) mass is 555 g/mol. The summed E-state index contributed by atoms with van der Waals surface area (Å²) in [5.41, 5.74) is 3.18. The molecule has 5 atom stereocenters. The largest absolute Gasteiger partial charge is 0.465 e. The molecule has 218 valence electrons. The molecule has 2 aromatic carbocycles. The first-order chi connectivity index (χ1) is 19.4. The lowest BCUT2D eigenvalue weighted by Gasteiger charge is -2.43. The van der Waals surface area contributed by atoms with Crippen LogP contribution in [-0.2, 0) is 30.3 Å². The quantitative estimate of drug-likeness (QED) is 0.359. The summed E-state index contributed by atoms with van der Waals surface area (Å²) in [6.45, 7) is 6.34. The number of likely N-dealkylation sites (tertiary alicyclic amines) is 1. The van der Waals surface area contributed by atoms with E-state index in [-0.39, 0.29) is 37.9 Å². The van der Waals surface area contributed by atoms with Gasteiger partial charge in [0.05, 0.1) is 32.0 Å². The fourth-order valence-electron chi connectivity index (χ4n) is 5.38. The van der Waals surface area contributed by atoms with E-state index in [2.05, 4.69) is 22.5 Å². The molecule has 2 saturated heterocycles. The number of amides is 2. The zero-order valence-electron chi connectivity index (χ0n) is 23.5. The average Bonchev–Trinajstić information content (AvgIpc) is 3.40. The van der Waals surface area contributed by atoms with Crippen molar-refractivity contribution < 1.29 is 33.6 Å². The number of ether oxygens (including phenoxy) is 4. The van der Waals surface area contributed by atoms with Crippen LogP contribution in [0.15, 0.2) is 48.5 Å². The zero-order chi connectivity index (χ0) is 28.5. The highest BCUT2D eigenvalue weighted by atomic mass is 16.7. The highest BCUT2D eigenvalue weighted by Gasteiger charge is 2.40. The van der Waals surface area contributed by atoms with Crippen molar-refractivity contribution in [2.75, 3.05) is 45.3 Å². The molecule has 2 aromatic rings. The van der Waals surface area contributed by atoms with Gasteiger partial charge < -0.3 is 34.7 Å². The Bertz CT molecular complexity index is 1110. The van der Waals surface area contributed by atoms with Gasteiger partial charge in [0.1, 0.15) is 6.54 Å². The third-order valence-corrected chi connectivity index (χ3v) is 7.51. The van der Waals surface area contributed by atoms with Gasteiger partial charge in [-0.25, -0.2) is 4.79 Å². The fraction of sp³-hybridized carbons (Fsp3) is 0.533. The lowest BCUT2D eigenvalue weighted by atomic mass is 9.90. The number of urea groups is 1. The summed E-state index contributed by atoms with van der Waals surface area (Å²) >= 11 is 0. The molecule has 40 heavy (non-hydrogen) atoms. The SMILES string of the molecule is CCOC(=O)CNC(=O)Nc1cccc([C@H]2O[C@@H](CN3CCC[C@H]3COC)[C@@H](C)[C@@H](c3ccc(CO)cc3)O2)c1. The van der Waals surface area contributed by atoms with E-state index in [1.807, 2.05) is 42.5 Å². The van der Waals surface area contributed by atoms with E-state index in [0.717, 1.165) is 42.6 Å². The van der Waals surface area contributed by atoms with Crippen LogP contribution in [0, 0.1) is 5.92 Å². The lowest BCUT2D eigenvalue weighted by Crippen LogP contribution is -2.46. The smallest absolute Gasteiger partial charge is 0.325 e. The highest BCUT2D eigenvalue weighted by Crippen LogP contribution is 2.42. The number of aliphatic hydroxyl groups excluding tert-OH is 1. The van der Waals surface area contributed by atoms with Gasteiger partial charge in [-0.1, -0.05) is 43.3 Å². The number of aliphatic hydroxyl groups is 1. The van der Waals surface area contributed by atoms with Crippen LogP contribution in [0.25, 0.3) is 0 Å². The Morgan fingerprint density at radius 3 is 2.65 bits per heavy atom. The van der Waals surface area contributed by atoms with Gasteiger partial charge in [0.15, 0.2) is 6.29 Å². The number of rotatable bonds is 11. The maximum Gasteiger partial charge on any atom is 0.325 e. The first-order valence-corrected chi connectivity index (χ1v) is 14.0. The van der Waals surface area contributed by atoms with Crippen molar-refractivity contribution >= 4 is 17.7 Å². The molecule has 4 rings (SSSR count). The Hall–Kier alpha value is -3.02. The Morgan fingerprint density at radius 2 is 1.93 bits per heavy atom. The van der Waals surface area contributed by atoms with Crippen LogP contribution in [-0.4, -0.2) is 74.1 Å². The first kappa shape index (κ1) is 30.0. The summed E-state index contributed by atoms with van der Waals surface area (Å²) in [6.07, 6.45) is 1.24. The number of methoxy groups -OCH3 is 1. The number of benzene rings is 2. The molecule has 0 aromatic heterocycles. The number of carbonyl (C=O) groups excluding carboxylic acids is 2. The molecule has 10 nitrogen and oxygen atoms in total. The molecule has 0 spiro atoms. The van der Waals surface area contributed by atoms with Crippen molar-refractivity contribution in [2.24, 2.45) is 5.92 Å². The Morgan fingerprint density at radius 1 is 1.12 bits per heavy atom. The van der Waals surface area contributed by atoms with E-state index in [0.29, 0.717) is 18.3 Å². The summed E-state index contributed by atoms with van der Waals surface area (Å²) < 4.78 is 23.5. The van der Waals surface area contributed by atoms with E-state index in [1.165, 1.54) is 0 Å². The molecule has 0 saturated carbocycles. The van der Waals surface area contributed by atoms with Gasteiger partial charge in [0, 0.05) is 36.9 Å². The number of nitrogens with one attached hydrogen (secondary N) is 2. The minimum absolute atomic E-state index is 0.0152. The minimum atomic E-state index is -0.656. The number of hydrogen-bond acceptors (Lipinski definition) is 8. The topological polar surface area (TPSA) is 119 Å². The van der Waals surface area contributed by atoms with Crippen LogP contribution in [0.3, 0.4) is 0 Å². The maximum absolute atomic E-state index is 12.3. The van der Waals surface area contributed by atoms with Crippen molar-refractivity contribution in [2.45, 2.75) is 57.8 Å². The Labute approximate surface area is 235 Å². The van der Waals surface area contributed by atoms with Crippen LogP contribution in [0.4, 0.5) is 10.5 Å². The van der Waals surface area contributed by atoms with E-state index in [4.69, 9.17) is 18.9 Å². The van der Waals surface area contributed by atoms with Crippen LogP contribution in [0.2, 0.25) is 0 Å². The molecule has 2 heterocycles. The number of esters is 1. The van der Waals surface area contributed by atoms with E-state index < -0.39 is 18.3 Å². The molecule has 2 fully saturated rings. The second-order valence-electron chi connectivity index (χ2n) is 10.3. The van der Waals surface area contributed by atoms with Crippen LogP contribution < -0.4 is 10.6 Å². The summed E-state index contributed by atoms with van der Waals surface area (Å²) in [6, 6.07) is 15.0. The summed E-state index contributed by atoms with van der Waals surface area (Å²) in [5, 5.41) is 14.8. The van der Waals surface area contributed by atoms with Gasteiger partial charge in [-0.2, -0.15) is 0 Å². The number of nitrogens with zero attached hydrogens (tertiary/aromatic N) is 1. The lowest BCUT2D eigenvalue weighted by molar-refractivity contribution is -0.276. The second kappa shape index (κ2) is 14.6. The number of carbonyl (C=O) groups is 2. The molecule has 2 aliphatic heterocycles. The molecule has 0 bridgehead atoms. The van der Waals surface area contributed by atoms with Crippen molar-refractivity contribution in [3.8, 4) is 0 Å². The number of anilines is 1. The van der Waals surface area contributed by atoms with Crippen molar-refractivity contribution in [3.63, 3.8) is 0 Å². The van der Waals surface area contributed by atoms with Crippen LogP contribution >= 0.6 is 0 Å². The van der Waals surface area contributed by atoms with Gasteiger partial charge >= 0.3 is 12.0 Å². The highest BCUT2D eigenvalue weighted by molar-refractivity contribution is 5.91. The predicted molar refractivity (Wildman–Crippen MR) is 150 cm³/mol. The van der Waals surface area contributed by atoms with E-state index >= 15 is 0 Å². The molecule has 2 aliphatic rings. The van der Waals surface area contributed by atoms with Gasteiger partial charge in [0.2, 0.25) is 0 Å². The molecular formula is C30H41N3O7. The van der Waals surface area contributed by atoms with Crippen LogP contribution in [0.5, 0.6) is 0 Å². The van der Waals surface area contributed by atoms with Crippen molar-refractivity contribution in [3.05, 3.63) is 65.2 Å². The maximum atomic E-state index is 12.3. The third-order valence-electron chi connectivity index (χ3n) is 7.51. The average molecular weight is 556 g/mol. The Kier molecular flexibility index (Phi) is 10.9. The van der Waals surface area contributed by atoms with E-state index in [1.54, 1.807) is 20.1 Å². The summed E-state index contributed by atoms with van der Waals surface area (Å²) in [7, 11) is 1.74. The fourth-order valence-corrected chi connectivity index (χ4v) is 5.38. The predicted octanol–water partition coefficient (Wildman–Crippen LogP) is 3.77. The standard InChI is InChI=1S/C30H41N3O7/c1-4-38-27(35)16-31-30(36)32-24-8-5-7-23(15-24)29-39-26(17-33-14-6-9-25(33)19-37-3)20(2)28(40-29)22-12-10-21(18-34)11-13-22/h5,7-8,10-13,15,20,25-26,28-29,34H,4,6,9,14,16-19H2,1-3H3,(H2,31,32,36)/t20-,25+,26+,28+,29+/m1/s1. The second-order valence-corrected chi connectivity index (χ2v) is 10.3. The van der Waals surface area contributed by atoms with Gasteiger partial charge in [-0.05, 0) is 49.6 Å². The summed E-state index contributed by atoms with van der Waals surface area (Å²) in [4.78, 5) is 26.4. The van der Waals surface area contributed by atoms with Gasteiger partial charge in [-0.3, -0.25) is 9.69 Å². The molecular weight excluding hydrogens is 514 g/mol. The van der Waals surface area contributed by atoms with Crippen LogP contribution in [0.1, 0.15) is 55.8 Å². The molecule has 0 unspecified atom stereocenters. The summed E-state index contributed by atoms with van der Waals surface area (Å²) in [5.74, 6) is -0.436. The molecule has 0 radical (unpaired) electrons. The van der Waals surface area contributed by atoms with Crippen molar-refractivity contribution in [1.82, 2.24) is 10.2 Å². The molecule has 10 heteroatoms. The first-order valence-electron chi connectivity index (χ1n) is 14.0. The normalized spacial score (nSPS) is 24.9. The zero-order valence-corrected chi connectivity index (χ0v) is 23.5. The third kappa shape index (κ3) is 7.80. The molecule has 2 amide bonds. The Balaban J connectivity index is 1.52. The minimum Gasteiger partial charge on any atom is -0.465 e. The van der Waals surface area contributed by atoms with Crippen molar-refractivity contribution in [1.29, 1.82) is 0 Å². The number of hydrogen-bond donors (Lipinski definition) is 3.